The maximum absolute atomic E-state index is 6.11. The van der Waals surface area contributed by atoms with E-state index in [-0.39, 0.29) is 0 Å². The van der Waals surface area contributed by atoms with Crippen molar-refractivity contribution in [2.24, 2.45) is 0 Å². The Hall–Kier alpha value is -1.39. The molecule has 0 spiro atoms. The molecule has 1 heterocycles. The number of likely N-dealkylation sites (N-methyl/N-ethyl adjacent to an activating group) is 1. The van der Waals surface area contributed by atoms with Crippen molar-refractivity contribution >= 4 is 11.6 Å². The maximum atomic E-state index is 6.11. The van der Waals surface area contributed by atoms with Crippen molar-refractivity contribution in [3.63, 3.8) is 0 Å². The molecule has 24 heavy (non-hydrogen) atoms. The molecule has 0 aromatic heterocycles. The predicted octanol–water partition coefficient (Wildman–Crippen LogP) is 3.42. The fraction of sp³-hybridized carbons (Fsp3) is 0.400. The lowest BCUT2D eigenvalue weighted by Gasteiger charge is -2.35. The summed E-state index contributed by atoms with van der Waals surface area (Å²) in [4.78, 5) is 4.95. The first kappa shape index (κ1) is 17.4. The third-order valence-electron chi connectivity index (χ3n) is 4.68. The lowest BCUT2D eigenvalue weighted by atomic mass is 10.1. The van der Waals surface area contributed by atoms with Crippen LogP contribution in [0.25, 0.3) is 0 Å². The summed E-state index contributed by atoms with van der Waals surface area (Å²) in [6.45, 7) is 6.44. The van der Waals surface area contributed by atoms with Gasteiger partial charge in [-0.3, -0.25) is 4.90 Å². The van der Waals surface area contributed by atoms with Gasteiger partial charge in [0.25, 0.3) is 0 Å². The molecule has 1 aliphatic rings. The summed E-state index contributed by atoms with van der Waals surface area (Å²) in [6, 6.07) is 19.2. The van der Waals surface area contributed by atoms with E-state index in [1.807, 2.05) is 18.2 Å². The van der Waals surface area contributed by atoms with Crippen LogP contribution in [0, 0.1) is 0 Å². The molecule has 0 saturated carbocycles. The summed E-state index contributed by atoms with van der Waals surface area (Å²) in [6.07, 6.45) is 0. The monoisotopic (exact) mass is 343 g/mol. The van der Waals surface area contributed by atoms with Crippen LogP contribution in [0.5, 0.6) is 0 Å². The first-order chi connectivity index (χ1) is 11.7. The molecule has 1 aliphatic heterocycles. The summed E-state index contributed by atoms with van der Waals surface area (Å²) in [7, 11) is 2.20. The zero-order valence-corrected chi connectivity index (χ0v) is 15.0. The van der Waals surface area contributed by atoms with E-state index in [9.17, 15) is 0 Å². The number of nitrogens with one attached hydrogen (secondary N) is 1. The van der Waals surface area contributed by atoms with Gasteiger partial charge >= 0.3 is 0 Å². The Balaban J connectivity index is 1.66. The van der Waals surface area contributed by atoms with Crippen LogP contribution in [0.3, 0.4) is 0 Å². The molecule has 128 valence electrons. The van der Waals surface area contributed by atoms with Crippen LogP contribution in [-0.4, -0.2) is 49.6 Å². The molecule has 0 amide bonds. The normalized spacial score (nSPS) is 17.8. The van der Waals surface area contributed by atoms with Crippen LogP contribution in [0.2, 0.25) is 5.02 Å². The quantitative estimate of drug-likeness (QED) is 0.867. The van der Waals surface area contributed by atoms with Gasteiger partial charge in [-0.15, -0.1) is 0 Å². The lowest BCUT2D eigenvalue weighted by molar-refractivity contribution is 0.142. The molecule has 3 nitrogen and oxygen atoms in total. The second-order valence-electron chi connectivity index (χ2n) is 6.58. The van der Waals surface area contributed by atoms with Gasteiger partial charge in [0.05, 0.1) is 0 Å². The smallest absolute Gasteiger partial charge is 0.0451 e. The number of benzene rings is 2. The third kappa shape index (κ3) is 5.05. The van der Waals surface area contributed by atoms with Crippen LogP contribution in [0.15, 0.2) is 54.6 Å². The molecule has 1 fully saturated rings. The molecule has 1 atom stereocenters. The van der Waals surface area contributed by atoms with E-state index in [1.165, 1.54) is 11.1 Å². The van der Waals surface area contributed by atoms with E-state index in [0.29, 0.717) is 6.04 Å². The first-order valence-corrected chi connectivity index (χ1v) is 9.02. The molecule has 0 bridgehead atoms. The Kier molecular flexibility index (Phi) is 6.27. The molecule has 3 rings (SSSR count). The van der Waals surface area contributed by atoms with E-state index >= 15 is 0 Å². The van der Waals surface area contributed by atoms with E-state index in [1.54, 1.807) is 0 Å². The highest BCUT2D eigenvalue weighted by Gasteiger charge is 2.19. The fourth-order valence-corrected chi connectivity index (χ4v) is 3.36. The molecule has 4 heteroatoms. The van der Waals surface area contributed by atoms with Crippen LogP contribution < -0.4 is 5.32 Å². The van der Waals surface area contributed by atoms with Gasteiger partial charge < -0.3 is 10.2 Å². The standard InChI is InChI=1S/C20H26ClN3/c1-23-10-12-24(13-11-23)16-20(18-7-3-2-4-8-18)22-15-17-6-5-9-19(21)14-17/h2-9,14,20,22H,10-13,15-16H2,1H3. The summed E-state index contributed by atoms with van der Waals surface area (Å²) >= 11 is 6.11. The molecule has 1 saturated heterocycles. The highest BCUT2D eigenvalue weighted by atomic mass is 35.5. The van der Waals surface area contributed by atoms with Crippen LogP contribution in [0.4, 0.5) is 0 Å². The zero-order valence-electron chi connectivity index (χ0n) is 14.3. The van der Waals surface area contributed by atoms with Crippen molar-refractivity contribution < 1.29 is 0 Å². The average Bonchev–Trinajstić information content (AvgIpc) is 2.61. The van der Waals surface area contributed by atoms with Gasteiger partial charge in [0.1, 0.15) is 0 Å². The Morgan fingerprint density at radius 1 is 1.00 bits per heavy atom. The summed E-state index contributed by atoms with van der Waals surface area (Å²) < 4.78 is 0. The molecular weight excluding hydrogens is 318 g/mol. The number of rotatable bonds is 6. The van der Waals surface area contributed by atoms with Crippen molar-refractivity contribution in [1.82, 2.24) is 15.1 Å². The topological polar surface area (TPSA) is 18.5 Å². The summed E-state index contributed by atoms with van der Waals surface area (Å²) in [5, 5.41) is 4.52. The highest BCUT2D eigenvalue weighted by molar-refractivity contribution is 6.30. The molecule has 2 aromatic rings. The second kappa shape index (κ2) is 8.63. The van der Waals surface area contributed by atoms with Crippen molar-refractivity contribution in [3.05, 3.63) is 70.7 Å². The molecule has 0 aliphatic carbocycles. The van der Waals surface area contributed by atoms with Crippen molar-refractivity contribution in [2.75, 3.05) is 39.8 Å². The Labute approximate surface area is 150 Å². The lowest BCUT2D eigenvalue weighted by Crippen LogP contribution is -2.47. The van der Waals surface area contributed by atoms with Gasteiger partial charge in [0, 0.05) is 50.3 Å². The number of hydrogen-bond acceptors (Lipinski definition) is 3. The molecule has 1 N–H and O–H groups in total. The van der Waals surface area contributed by atoms with Gasteiger partial charge in [-0.05, 0) is 30.3 Å². The minimum absolute atomic E-state index is 0.327. The van der Waals surface area contributed by atoms with Crippen molar-refractivity contribution in [1.29, 1.82) is 0 Å². The van der Waals surface area contributed by atoms with Crippen molar-refractivity contribution in [2.45, 2.75) is 12.6 Å². The van der Waals surface area contributed by atoms with Gasteiger partial charge in [0.2, 0.25) is 0 Å². The molecule has 1 unspecified atom stereocenters. The van der Waals surface area contributed by atoms with E-state index in [2.05, 4.69) is 58.6 Å². The average molecular weight is 344 g/mol. The number of nitrogens with zero attached hydrogens (tertiary/aromatic N) is 2. The third-order valence-corrected chi connectivity index (χ3v) is 4.92. The summed E-state index contributed by atoms with van der Waals surface area (Å²) in [5.41, 5.74) is 2.57. The zero-order chi connectivity index (χ0) is 16.8. The largest absolute Gasteiger partial charge is 0.305 e. The van der Waals surface area contributed by atoms with E-state index in [4.69, 9.17) is 11.6 Å². The van der Waals surface area contributed by atoms with E-state index < -0.39 is 0 Å². The number of piperazine rings is 1. The van der Waals surface area contributed by atoms with E-state index in [0.717, 1.165) is 44.3 Å². The van der Waals surface area contributed by atoms with Crippen molar-refractivity contribution in [3.8, 4) is 0 Å². The minimum atomic E-state index is 0.327. The van der Waals surface area contributed by atoms with Gasteiger partial charge in [-0.25, -0.2) is 0 Å². The molecule has 2 aromatic carbocycles. The van der Waals surface area contributed by atoms with Crippen LogP contribution in [-0.2, 0) is 6.54 Å². The number of halogens is 1. The van der Waals surface area contributed by atoms with Crippen LogP contribution >= 0.6 is 11.6 Å². The minimum Gasteiger partial charge on any atom is -0.305 e. The van der Waals surface area contributed by atoms with Gasteiger partial charge in [0.15, 0.2) is 0 Å². The molecule has 0 radical (unpaired) electrons. The Morgan fingerprint density at radius 2 is 1.75 bits per heavy atom. The second-order valence-corrected chi connectivity index (χ2v) is 7.01. The molecular formula is C20H26ClN3. The van der Waals surface area contributed by atoms with Crippen LogP contribution in [0.1, 0.15) is 17.2 Å². The Morgan fingerprint density at radius 3 is 2.46 bits per heavy atom. The maximum Gasteiger partial charge on any atom is 0.0451 e. The highest BCUT2D eigenvalue weighted by Crippen LogP contribution is 2.17. The van der Waals surface area contributed by atoms with Gasteiger partial charge in [-0.2, -0.15) is 0 Å². The Bertz CT molecular complexity index is 624. The number of hydrogen-bond donors (Lipinski definition) is 1. The predicted molar refractivity (Wildman–Crippen MR) is 101 cm³/mol. The SMILES string of the molecule is CN1CCN(CC(NCc2cccc(Cl)c2)c2ccccc2)CC1. The summed E-state index contributed by atoms with van der Waals surface area (Å²) in [5.74, 6) is 0. The van der Waals surface area contributed by atoms with Gasteiger partial charge in [-0.1, -0.05) is 54.1 Å². The first-order valence-electron chi connectivity index (χ1n) is 8.64. The fourth-order valence-electron chi connectivity index (χ4n) is 3.15.